The molecule has 0 saturated carbocycles. The summed E-state index contributed by atoms with van der Waals surface area (Å²) in [7, 11) is 0. The van der Waals surface area contributed by atoms with Gasteiger partial charge in [0.2, 0.25) is 12.2 Å². The van der Waals surface area contributed by atoms with Crippen molar-refractivity contribution in [3.63, 3.8) is 0 Å². The van der Waals surface area contributed by atoms with E-state index in [0.29, 0.717) is 0 Å². The molecule has 3 nitrogen and oxygen atoms in total. The zero-order chi connectivity index (χ0) is 8.69. The Morgan fingerprint density at radius 3 is 2.64 bits per heavy atom. The maximum Gasteiger partial charge on any atom is 0.227 e. The van der Waals surface area contributed by atoms with Crippen LogP contribution in [0.3, 0.4) is 0 Å². The Morgan fingerprint density at radius 1 is 1.64 bits per heavy atom. The Labute approximate surface area is 65.8 Å². The monoisotopic (exact) mass is 152 g/mol. The van der Waals surface area contributed by atoms with Gasteiger partial charge in [-0.1, -0.05) is 12.2 Å². The minimum absolute atomic E-state index is 0.200. The van der Waals surface area contributed by atoms with Crippen molar-refractivity contribution in [2.75, 3.05) is 0 Å². The molecule has 59 valence electrons. The molecular formula is C8H10NO2. The number of carbonyl (C=O) groups is 1. The molecule has 1 N–H and O–H groups in total. The molecule has 0 aliphatic rings. The van der Waals surface area contributed by atoms with Gasteiger partial charge in [0, 0.05) is 6.42 Å². The van der Waals surface area contributed by atoms with Crippen LogP contribution in [0.4, 0.5) is 0 Å². The van der Waals surface area contributed by atoms with Crippen LogP contribution in [-0.4, -0.2) is 18.2 Å². The first-order valence-electron chi connectivity index (χ1n) is 3.15. The van der Waals surface area contributed by atoms with E-state index in [1.54, 1.807) is 6.29 Å². The first-order valence-corrected chi connectivity index (χ1v) is 3.15. The molecule has 11 heavy (non-hydrogen) atoms. The molecule has 0 aromatic rings. The lowest BCUT2D eigenvalue weighted by atomic mass is 10.3. The van der Waals surface area contributed by atoms with Crippen molar-refractivity contribution in [2.45, 2.75) is 12.5 Å². The average molecular weight is 152 g/mol. The summed E-state index contributed by atoms with van der Waals surface area (Å²) in [6, 6.07) is -0.706. The van der Waals surface area contributed by atoms with E-state index in [4.69, 9.17) is 0 Å². The van der Waals surface area contributed by atoms with Crippen molar-refractivity contribution in [1.29, 1.82) is 0 Å². The molecular weight excluding hydrogens is 142 g/mol. The molecule has 1 radical (unpaired) electrons. The van der Waals surface area contributed by atoms with Crippen molar-refractivity contribution in [2.24, 2.45) is 0 Å². The van der Waals surface area contributed by atoms with Crippen LogP contribution in [0.15, 0.2) is 25.3 Å². The second-order valence-corrected chi connectivity index (χ2v) is 1.89. The highest BCUT2D eigenvalue weighted by molar-refractivity contribution is 5.81. The van der Waals surface area contributed by atoms with E-state index in [1.165, 1.54) is 12.2 Å². The number of nitrogens with one attached hydrogen (secondary N) is 1. The van der Waals surface area contributed by atoms with Crippen LogP contribution in [0.2, 0.25) is 0 Å². The SMILES string of the molecule is C=CCC(=O)NC([C]=O)C=C. The summed E-state index contributed by atoms with van der Waals surface area (Å²) in [6.07, 6.45) is 4.58. The van der Waals surface area contributed by atoms with Gasteiger partial charge in [0.15, 0.2) is 0 Å². The molecule has 1 amide bonds. The lowest BCUT2D eigenvalue weighted by Crippen LogP contribution is -2.33. The predicted octanol–water partition coefficient (Wildman–Crippen LogP) is 0.343. The van der Waals surface area contributed by atoms with Crippen LogP contribution in [0.5, 0.6) is 0 Å². The maximum atomic E-state index is 10.8. The van der Waals surface area contributed by atoms with E-state index in [2.05, 4.69) is 18.5 Å². The Morgan fingerprint density at radius 2 is 2.27 bits per heavy atom. The molecule has 0 bridgehead atoms. The van der Waals surface area contributed by atoms with Gasteiger partial charge in [-0.25, -0.2) is 0 Å². The predicted molar refractivity (Wildman–Crippen MR) is 42.6 cm³/mol. The highest BCUT2D eigenvalue weighted by Crippen LogP contribution is 1.83. The first-order chi connectivity index (χ1) is 5.24. The molecule has 3 heteroatoms. The van der Waals surface area contributed by atoms with Crippen LogP contribution in [0.25, 0.3) is 0 Å². The minimum atomic E-state index is -0.706. The van der Waals surface area contributed by atoms with E-state index < -0.39 is 6.04 Å². The van der Waals surface area contributed by atoms with Crippen LogP contribution in [-0.2, 0) is 9.59 Å². The van der Waals surface area contributed by atoms with Crippen molar-refractivity contribution in [3.8, 4) is 0 Å². The molecule has 0 rings (SSSR count). The van der Waals surface area contributed by atoms with Crippen molar-refractivity contribution in [1.82, 2.24) is 5.32 Å². The van der Waals surface area contributed by atoms with Gasteiger partial charge < -0.3 is 5.32 Å². The smallest absolute Gasteiger partial charge is 0.227 e. The first kappa shape index (κ1) is 9.62. The standard InChI is InChI=1S/C8H10NO2/c1-3-5-8(11)9-7(4-2)6-10/h3-4,7H,1-2,5H2,(H,9,11). The highest BCUT2D eigenvalue weighted by Gasteiger charge is 2.05. The van der Waals surface area contributed by atoms with Gasteiger partial charge in [-0.3, -0.25) is 9.59 Å². The Kier molecular flexibility index (Phi) is 4.73. The Bertz CT molecular complexity index is 167. The summed E-state index contributed by atoms with van der Waals surface area (Å²) in [6.45, 7) is 6.72. The Balaban J connectivity index is 3.79. The van der Waals surface area contributed by atoms with Crippen molar-refractivity contribution in [3.05, 3.63) is 25.3 Å². The number of amides is 1. The average Bonchev–Trinajstić information content (AvgIpc) is 2.01. The van der Waals surface area contributed by atoms with E-state index in [-0.39, 0.29) is 12.3 Å². The van der Waals surface area contributed by atoms with Crippen LogP contribution < -0.4 is 5.32 Å². The fourth-order valence-electron chi connectivity index (χ4n) is 0.500. The molecule has 0 heterocycles. The van der Waals surface area contributed by atoms with E-state index >= 15 is 0 Å². The van der Waals surface area contributed by atoms with Crippen molar-refractivity contribution < 1.29 is 9.59 Å². The fourth-order valence-corrected chi connectivity index (χ4v) is 0.500. The molecule has 0 aromatic heterocycles. The molecule has 0 aliphatic carbocycles. The summed E-state index contributed by atoms with van der Waals surface area (Å²) in [5.41, 5.74) is 0. The van der Waals surface area contributed by atoms with E-state index in [1.807, 2.05) is 0 Å². The molecule has 0 spiro atoms. The highest BCUT2D eigenvalue weighted by atomic mass is 16.2. The summed E-state index contributed by atoms with van der Waals surface area (Å²) in [4.78, 5) is 20.8. The van der Waals surface area contributed by atoms with Gasteiger partial charge in [0.05, 0.1) is 0 Å². The number of hydrogen-bond acceptors (Lipinski definition) is 2. The number of carbonyl (C=O) groups excluding carboxylic acids is 2. The molecule has 1 atom stereocenters. The van der Waals surface area contributed by atoms with Crippen LogP contribution in [0.1, 0.15) is 6.42 Å². The normalized spacial score (nSPS) is 11.3. The maximum absolute atomic E-state index is 10.8. The third kappa shape index (κ3) is 4.08. The minimum Gasteiger partial charge on any atom is -0.342 e. The lowest BCUT2D eigenvalue weighted by Gasteiger charge is -2.04. The van der Waals surface area contributed by atoms with Crippen molar-refractivity contribution >= 4 is 12.2 Å². The van der Waals surface area contributed by atoms with E-state index in [9.17, 15) is 9.59 Å². The molecule has 0 aliphatic heterocycles. The van der Waals surface area contributed by atoms with Gasteiger partial charge in [-0.2, -0.15) is 0 Å². The third-order valence-electron chi connectivity index (χ3n) is 1.01. The number of hydrogen-bond donors (Lipinski definition) is 1. The number of rotatable bonds is 5. The van der Waals surface area contributed by atoms with Crippen LogP contribution in [0, 0.1) is 0 Å². The van der Waals surface area contributed by atoms with Gasteiger partial charge >= 0.3 is 0 Å². The van der Waals surface area contributed by atoms with Gasteiger partial charge in [-0.05, 0) is 0 Å². The summed E-state index contributed by atoms with van der Waals surface area (Å²) >= 11 is 0. The molecule has 0 aromatic carbocycles. The lowest BCUT2D eigenvalue weighted by molar-refractivity contribution is -0.120. The molecule has 1 unspecified atom stereocenters. The Hall–Kier alpha value is -1.38. The topological polar surface area (TPSA) is 46.2 Å². The zero-order valence-corrected chi connectivity index (χ0v) is 6.17. The summed E-state index contributed by atoms with van der Waals surface area (Å²) in [5.74, 6) is -0.256. The van der Waals surface area contributed by atoms with Crippen LogP contribution >= 0.6 is 0 Å². The second kappa shape index (κ2) is 5.41. The van der Waals surface area contributed by atoms with Gasteiger partial charge in [-0.15, -0.1) is 13.2 Å². The van der Waals surface area contributed by atoms with Gasteiger partial charge in [0.1, 0.15) is 6.04 Å². The van der Waals surface area contributed by atoms with E-state index in [0.717, 1.165) is 0 Å². The molecule has 0 saturated heterocycles. The largest absolute Gasteiger partial charge is 0.342 e. The fraction of sp³-hybridized carbons (Fsp3) is 0.250. The summed E-state index contributed by atoms with van der Waals surface area (Å²) < 4.78 is 0. The second-order valence-electron chi connectivity index (χ2n) is 1.89. The summed E-state index contributed by atoms with van der Waals surface area (Å²) in [5, 5.41) is 2.37. The van der Waals surface area contributed by atoms with Gasteiger partial charge in [0.25, 0.3) is 0 Å². The third-order valence-corrected chi connectivity index (χ3v) is 1.01. The quantitative estimate of drug-likeness (QED) is 0.577. The zero-order valence-electron chi connectivity index (χ0n) is 6.17. The molecule has 0 fully saturated rings.